The molecule has 0 aromatic carbocycles. The van der Waals surface area contributed by atoms with Crippen molar-refractivity contribution in [1.29, 1.82) is 0 Å². The van der Waals surface area contributed by atoms with Gasteiger partial charge in [-0.15, -0.1) is 0 Å². The molecule has 0 spiro atoms. The van der Waals surface area contributed by atoms with E-state index in [4.69, 9.17) is 21.4 Å². The van der Waals surface area contributed by atoms with Gasteiger partial charge in [0.1, 0.15) is 25.8 Å². The molecule has 0 aromatic rings. The third kappa shape index (κ3) is 1.57. The quantitative estimate of drug-likeness (QED) is 0.397. The Morgan fingerprint density at radius 2 is 2.36 bits per heavy atom. The predicted octanol–water partition coefficient (Wildman–Crippen LogP) is -2.33. The molecule has 64 valence electrons. The Kier molecular flexibility index (Phi) is 2.13. The molecule has 0 unspecified atom stereocenters. The number of carbonyl (C=O) groups is 1. The van der Waals surface area contributed by atoms with Gasteiger partial charge in [0.15, 0.2) is 6.26 Å². The lowest BCUT2D eigenvalue weighted by molar-refractivity contribution is -0.124. The molecule has 0 bridgehead atoms. The van der Waals surface area contributed by atoms with Crippen LogP contribution in [0.5, 0.6) is 0 Å². The molecule has 5 heteroatoms. The normalized spacial score (nSPS) is 41.7. The smallest absolute Gasteiger partial charge is 0.151 e. The fourth-order valence-electron chi connectivity index (χ4n) is 0.971. The Labute approximate surface area is 64.6 Å². The molecule has 0 saturated carbocycles. The van der Waals surface area contributed by atoms with Crippen molar-refractivity contribution in [2.45, 2.75) is 24.4 Å². The highest BCUT2D eigenvalue weighted by Gasteiger charge is 2.38. The standard InChI is InChI=1S/C6H10O5/c7-1-3(8)6-5(10)4(9)2-11-6/h1,3-6,8-10H,2H2/t3-,4+,5-,6+/m0/s1/i1D. The Morgan fingerprint density at radius 1 is 1.73 bits per heavy atom. The molecule has 5 nitrogen and oxygen atoms in total. The van der Waals surface area contributed by atoms with E-state index in [9.17, 15) is 4.79 Å². The van der Waals surface area contributed by atoms with Crippen molar-refractivity contribution in [3.05, 3.63) is 0 Å². The van der Waals surface area contributed by atoms with Gasteiger partial charge in [0, 0.05) is 0 Å². The summed E-state index contributed by atoms with van der Waals surface area (Å²) in [6.07, 6.45) is -6.48. The van der Waals surface area contributed by atoms with E-state index in [0.29, 0.717) is 0 Å². The molecule has 4 atom stereocenters. The van der Waals surface area contributed by atoms with Crippen LogP contribution in [0.4, 0.5) is 0 Å². The first kappa shape index (κ1) is 7.17. The second-order valence-corrected chi connectivity index (χ2v) is 2.42. The van der Waals surface area contributed by atoms with Gasteiger partial charge >= 0.3 is 0 Å². The predicted molar refractivity (Wildman–Crippen MR) is 33.8 cm³/mol. The molecular weight excluding hydrogens is 152 g/mol. The van der Waals surface area contributed by atoms with Crippen LogP contribution in [-0.2, 0) is 9.53 Å². The number of aliphatic hydroxyl groups is 3. The molecule has 0 amide bonds. The summed E-state index contributed by atoms with van der Waals surface area (Å²) >= 11 is 0. The molecule has 1 aliphatic rings. The van der Waals surface area contributed by atoms with Crippen LogP contribution in [0.3, 0.4) is 0 Å². The van der Waals surface area contributed by atoms with E-state index in [1.54, 1.807) is 0 Å². The summed E-state index contributed by atoms with van der Waals surface area (Å²) in [5, 5.41) is 27.0. The summed E-state index contributed by atoms with van der Waals surface area (Å²) < 4.78 is 11.3. The summed E-state index contributed by atoms with van der Waals surface area (Å²) in [7, 11) is 0. The van der Waals surface area contributed by atoms with Gasteiger partial charge in [-0.1, -0.05) is 0 Å². The van der Waals surface area contributed by atoms with Crippen molar-refractivity contribution in [3.8, 4) is 0 Å². The van der Waals surface area contributed by atoms with E-state index in [1.165, 1.54) is 0 Å². The number of carbonyl (C=O) groups excluding carboxylic acids is 1. The number of aldehydes is 1. The molecule has 1 aliphatic heterocycles. The Morgan fingerprint density at radius 3 is 2.73 bits per heavy atom. The Bertz CT molecular complexity index is 185. The summed E-state index contributed by atoms with van der Waals surface area (Å²) in [6, 6.07) is 0. The van der Waals surface area contributed by atoms with Gasteiger partial charge in [-0.25, -0.2) is 0 Å². The van der Waals surface area contributed by atoms with Gasteiger partial charge in [0.2, 0.25) is 0 Å². The van der Waals surface area contributed by atoms with Crippen LogP contribution >= 0.6 is 0 Å². The molecule has 0 aliphatic carbocycles. The molecule has 1 fully saturated rings. The Balaban J connectivity index is 2.59. The van der Waals surface area contributed by atoms with Crippen molar-refractivity contribution in [1.82, 2.24) is 0 Å². The number of rotatable bonds is 2. The van der Waals surface area contributed by atoms with E-state index in [0.717, 1.165) is 0 Å². The molecular formula is C6H10O5. The zero-order valence-electron chi connectivity index (χ0n) is 6.67. The zero-order valence-corrected chi connectivity index (χ0v) is 5.67. The van der Waals surface area contributed by atoms with Gasteiger partial charge in [0.05, 0.1) is 6.61 Å². The summed E-state index contributed by atoms with van der Waals surface area (Å²) in [6.45, 7) is -0.129. The van der Waals surface area contributed by atoms with Gasteiger partial charge in [0.25, 0.3) is 0 Å². The first-order chi connectivity index (χ1) is 5.54. The van der Waals surface area contributed by atoms with Crippen LogP contribution in [0.15, 0.2) is 0 Å². The third-order valence-corrected chi connectivity index (χ3v) is 1.62. The molecule has 1 heterocycles. The fraction of sp³-hybridized carbons (Fsp3) is 0.833. The summed E-state index contributed by atoms with van der Waals surface area (Å²) in [5.74, 6) is 0. The van der Waals surface area contributed by atoms with Gasteiger partial charge in [-0.05, 0) is 0 Å². The Hall–Kier alpha value is -0.490. The maximum absolute atomic E-state index is 10.3. The van der Waals surface area contributed by atoms with Gasteiger partial charge in [-0.3, -0.25) is 0 Å². The largest absolute Gasteiger partial charge is 0.388 e. The molecule has 0 aromatic heterocycles. The molecule has 1 rings (SSSR count). The van der Waals surface area contributed by atoms with Crippen molar-refractivity contribution in [2.24, 2.45) is 0 Å². The second kappa shape index (κ2) is 3.27. The zero-order chi connectivity index (χ0) is 9.30. The molecule has 1 saturated heterocycles. The minimum absolute atomic E-state index is 0.129. The van der Waals surface area contributed by atoms with Crippen LogP contribution < -0.4 is 0 Å². The second-order valence-electron chi connectivity index (χ2n) is 2.42. The van der Waals surface area contributed by atoms with E-state index in [2.05, 4.69) is 0 Å². The highest BCUT2D eigenvalue weighted by atomic mass is 16.5. The SMILES string of the molecule is [2H]C(=O)[C@H](O)[C@H]1OC[C@@H](O)[C@@H]1O. The molecule has 3 N–H and O–H groups in total. The summed E-state index contributed by atoms with van der Waals surface area (Å²) in [5.41, 5.74) is 0. The number of ether oxygens (including phenoxy) is 1. The first-order valence-corrected chi connectivity index (χ1v) is 3.20. The van der Waals surface area contributed by atoms with Crippen LogP contribution in [0.2, 0.25) is 0 Å². The van der Waals surface area contributed by atoms with Crippen LogP contribution in [0.25, 0.3) is 0 Å². The van der Waals surface area contributed by atoms with Gasteiger partial charge in [-0.2, -0.15) is 0 Å². The number of hydrogen-bond donors (Lipinski definition) is 3. The summed E-state index contributed by atoms with van der Waals surface area (Å²) in [4.78, 5) is 10.3. The monoisotopic (exact) mass is 163 g/mol. The van der Waals surface area contributed by atoms with E-state index < -0.39 is 30.7 Å². The van der Waals surface area contributed by atoms with Crippen molar-refractivity contribution in [2.75, 3.05) is 6.61 Å². The maximum Gasteiger partial charge on any atom is 0.151 e. The van der Waals surface area contributed by atoms with E-state index in [1.807, 2.05) is 0 Å². The third-order valence-electron chi connectivity index (χ3n) is 1.62. The minimum atomic E-state index is -1.68. The van der Waals surface area contributed by atoms with Crippen molar-refractivity contribution >= 4 is 6.26 Å². The average Bonchev–Trinajstić information content (AvgIpc) is 2.32. The maximum atomic E-state index is 10.3. The topological polar surface area (TPSA) is 87.0 Å². The van der Waals surface area contributed by atoms with Crippen molar-refractivity contribution in [3.63, 3.8) is 0 Å². The highest BCUT2D eigenvalue weighted by molar-refractivity contribution is 5.57. The van der Waals surface area contributed by atoms with E-state index >= 15 is 0 Å². The lowest BCUT2D eigenvalue weighted by Crippen LogP contribution is -2.39. The average molecular weight is 163 g/mol. The van der Waals surface area contributed by atoms with E-state index in [-0.39, 0.29) is 6.61 Å². The van der Waals surface area contributed by atoms with Crippen molar-refractivity contribution < 1.29 is 26.2 Å². The van der Waals surface area contributed by atoms with Gasteiger partial charge < -0.3 is 24.9 Å². The molecule has 0 radical (unpaired) electrons. The first-order valence-electron chi connectivity index (χ1n) is 3.70. The minimum Gasteiger partial charge on any atom is -0.388 e. The van der Waals surface area contributed by atoms with Crippen LogP contribution in [0, 0.1) is 0 Å². The van der Waals surface area contributed by atoms with Crippen LogP contribution in [0.1, 0.15) is 1.37 Å². The fourth-order valence-corrected chi connectivity index (χ4v) is 0.971. The highest BCUT2D eigenvalue weighted by Crippen LogP contribution is 2.16. The number of aliphatic hydroxyl groups excluding tert-OH is 3. The van der Waals surface area contributed by atoms with Crippen LogP contribution in [-0.4, -0.2) is 52.6 Å². The molecule has 11 heavy (non-hydrogen) atoms. The number of hydrogen-bond acceptors (Lipinski definition) is 5. The lowest BCUT2D eigenvalue weighted by atomic mass is 10.1. The lowest BCUT2D eigenvalue weighted by Gasteiger charge is -2.15.